The summed E-state index contributed by atoms with van der Waals surface area (Å²) >= 11 is 0. The maximum absolute atomic E-state index is 10.7. The number of methoxy groups -OCH3 is 1. The lowest BCUT2D eigenvalue weighted by molar-refractivity contribution is -0.140. The molecular weight excluding hydrogens is 196 g/mol. The molecule has 0 bridgehead atoms. The lowest BCUT2D eigenvalue weighted by Crippen LogP contribution is -2.25. The van der Waals surface area contributed by atoms with Crippen LogP contribution >= 0.6 is 0 Å². The molecule has 0 unspecified atom stereocenters. The van der Waals surface area contributed by atoms with Gasteiger partial charge in [-0.3, -0.25) is 4.79 Å². The average molecular weight is 218 g/mol. The zero-order valence-electron chi connectivity index (χ0n) is 9.91. The van der Waals surface area contributed by atoms with E-state index in [-0.39, 0.29) is 5.97 Å². The van der Waals surface area contributed by atoms with Crippen molar-refractivity contribution in [3.63, 3.8) is 0 Å². The van der Waals surface area contributed by atoms with Crippen LogP contribution in [-0.4, -0.2) is 64.9 Å². The summed E-state index contributed by atoms with van der Waals surface area (Å²) in [6.07, 6.45) is 0.411. The van der Waals surface area contributed by atoms with Crippen molar-refractivity contribution in [1.29, 1.82) is 0 Å². The average Bonchev–Trinajstić information content (AvgIpc) is 2.21. The number of hydrogen-bond acceptors (Lipinski definition) is 5. The van der Waals surface area contributed by atoms with Gasteiger partial charge in [-0.05, 0) is 14.1 Å². The standard InChI is InChI=1S/C10H22N2O3/c1-12(2)7-9-15-8-6-11-5-4-10(13)14-3/h11H,4-9H2,1-3H3. The first-order valence-corrected chi connectivity index (χ1v) is 5.17. The van der Waals surface area contributed by atoms with E-state index in [1.807, 2.05) is 14.1 Å². The van der Waals surface area contributed by atoms with E-state index in [4.69, 9.17) is 4.74 Å². The highest BCUT2D eigenvalue weighted by Gasteiger charge is 1.97. The Morgan fingerprint density at radius 2 is 2.00 bits per heavy atom. The first-order valence-electron chi connectivity index (χ1n) is 5.17. The highest BCUT2D eigenvalue weighted by molar-refractivity contribution is 5.69. The van der Waals surface area contributed by atoms with Crippen LogP contribution in [0.1, 0.15) is 6.42 Å². The molecular formula is C10H22N2O3. The van der Waals surface area contributed by atoms with Crippen LogP contribution in [0.5, 0.6) is 0 Å². The molecule has 90 valence electrons. The second kappa shape index (κ2) is 9.89. The van der Waals surface area contributed by atoms with Crippen molar-refractivity contribution in [2.75, 3.05) is 54.1 Å². The lowest BCUT2D eigenvalue weighted by atomic mass is 10.4. The molecule has 15 heavy (non-hydrogen) atoms. The Morgan fingerprint density at radius 3 is 2.60 bits per heavy atom. The molecule has 0 radical (unpaired) electrons. The van der Waals surface area contributed by atoms with E-state index >= 15 is 0 Å². The Kier molecular flexibility index (Phi) is 9.46. The number of esters is 1. The molecule has 0 rings (SSSR count). The Hall–Kier alpha value is -0.650. The highest BCUT2D eigenvalue weighted by atomic mass is 16.5. The molecule has 1 N–H and O–H groups in total. The number of rotatable bonds is 9. The molecule has 0 aromatic rings. The molecule has 5 heteroatoms. The Labute approximate surface area is 91.7 Å². The van der Waals surface area contributed by atoms with Crippen LogP contribution in [0.4, 0.5) is 0 Å². The van der Waals surface area contributed by atoms with Crippen molar-refractivity contribution in [1.82, 2.24) is 10.2 Å². The van der Waals surface area contributed by atoms with Gasteiger partial charge in [-0.25, -0.2) is 0 Å². The first kappa shape index (κ1) is 14.3. The predicted octanol–water partition coefficient (Wildman–Crippen LogP) is -0.283. The minimum atomic E-state index is -0.184. The topological polar surface area (TPSA) is 50.8 Å². The molecule has 0 fully saturated rings. The van der Waals surface area contributed by atoms with Gasteiger partial charge in [-0.15, -0.1) is 0 Å². The van der Waals surface area contributed by atoms with Crippen LogP contribution in [0.3, 0.4) is 0 Å². The van der Waals surface area contributed by atoms with Crippen molar-refractivity contribution in [2.45, 2.75) is 6.42 Å². The van der Waals surface area contributed by atoms with Gasteiger partial charge in [0, 0.05) is 19.6 Å². The van der Waals surface area contributed by atoms with Gasteiger partial charge in [-0.2, -0.15) is 0 Å². The molecule has 0 aliphatic heterocycles. The second-order valence-electron chi connectivity index (χ2n) is 3.49. The maximum atomic E-state index is 10.7. The summed E-state index contributed by atoms with van der Waals surface area (Å²) in [5.74, 6) is -0.184. The molecule has 0 atom stereocenters. The monoisotopic (exact) mass is 218 g/mol. The van der Waals surface area contributed by atoms with E-state index in [2.05, 4.69) is 15.0 Å². The second-order valence-corrected chi connectivity index (χ2v) is 3.49. The fraction of sp³-hybridized carbons (Fsp3) is 0.900. The lowest BCUT2D eigenvalue weighted by Gasteiger charge is -2.10. The van der Waals surface area contributed by atoms with Gasteiger partial charge < -0.3 is 19.7 Å². The van der Waals surface area contributed by atoms with E-state index in [0.29, 0.717) is 19.6 Å². The van der Waals surface area contributed by atoms with Crippen molar-refractivity contribution in [3.05, 3.63) is 0 Å². The van der Waals surface area contributed by atoms with Crippen molar-refractivity contribution in [2.24, 2.45) is 0 Å². The van der Waals surface area contributed by atoms with Crippen LogP contribution in [0.25, 0.3) is 0 Å². The fourth-order valence-corrected chi connectivity index (χ4v) is 0.911. The van der Waals surface area contributed by atoms with E-state index in [1.165, 1.54) is 7.11 Å². The van der Waals surface area contributed by atoms with Gasteiger partial charge in [0.1, 0.15) is 0 Å². The zero-order chi connectivity index (χ0) is 11.5. The van der Waals surface area contributed by atoms with Gasteiger partial charge in [-0.1, -0.05) is 0 Å². The van der Waals surface area contributed by atoms with Gasteiger partial charge in [0.25, 0.3) is 0 Å². The largest absolute Gasteiger partial charge is 0.469 e. The quantitative estimate of drug-likeness (QED) is 0.426. The molecule has 0 saturated carbocycles. The maximum Gasteiger partial charge on any atom is 0.306 e. The number of likely N-dealkylation sites (N-methyl/N-ethyl adjacent to an activating group) is 1. The third kappa shape index (κ3) is 11.3. The number of hydrogen-bond donors (Lipinski definition) is 1. The Bertz CT molecular complexity index is 163. The van der Waals surface area contributed by atoms with E-state index < -0.39 is 0 Å². The molecule has 0 heterocycles. The summed E-state index contributed by atoms with van der Waals surface area (Å²) in [5, 5.41) is 3.10. The molecule has 0 amide bonds. The molecule has 0 saturated heterocycles. The Balaban J connectivity index is 3.02. The van der Waals surface area contributed by atoms with Crippen LogP contribution in [0, 0.1) is 0 Å². The molecule has 0 aromatic carbocycles. The molecule has 0 aliphatic carbocycles. The molecule has 0 aliphatic rings. The number of carbonyl (C=O) groups is 1. The summed E-state index contributed by atoms with van der Waals surface area (Å²) in [6, 6.07) is 0. The number of nitrogens with zero attached hydrogens (tertiary/aromatic N) is 1. The molecule has 5 nitrogen and oxygen atoms in total. The predicted molar refractivity (Wildman–Crippen MR) is 58.9 cm³/mol. The van der Waals surface area contributed by atoms with E-state index in [1.54, 1.807) is 0 Å². The summed E-state index contributed by atoms with van der Waals surface area (Å²) < 4.78 is 9.86. The van der Waals surface area contributed by atoms with Gasteiger partial charge in [0.15, 0.2) is 0 Å². The first-order chi connectivity index (χ1) is 7.16. The van der Waals surface area contributed by atoms with Crippen molar-refractivity contribution in [3.8, 4) is 0 Å². The minimum absolute atomic E-state index is 0.184. The Morgan fingerprint density at radius 1 is 1.27 bits per heavy atom. The summed E-state index contributed by atoms with van der Waals surface area (Å²) in [4.78, 5) is 12.8. The third-order valence-electron chi connectivity index (χ3n) is 1.84. The van der Waals surface area contributed by atoms with E-state index in [0.717, 1.165) is 19.7 Å². The fourth-order valence-electron chi connectivity index (χ4n) is 0.911. The smallest absolute Gasteiger partial charge is 0.306 e. The summed E-state index contributed by atoms with van der Waals surface area (Å²) in [7, 11) is 5.42. The van der Waals surface area contributed by atoms with E-state index in [9.17, 15) is 4.79 Å². The molecule has 0 spiro atoms. The van der Waals surface area contributed by atoms with Crippen LogP contribution in [0.15, 0.2) is 0 Å². The van der Waals surface area contributed by atoms with Gasteiger partial charge in [0.05, 0.1) is 26.7 Å². The summed E-state index contributed by atoms with van der Waals surface area (Å²) in [6.45, 7) is 3.76. The van der Waals surface area contributed by atoms with Gasteiger partial charge in [0.2, 0.25) is 0 Å². The number of nitrogens with one attached hydrogen (secondary N) is 1. The van der Waals surface area contributed by atoms with Gasteiger partial charge >= 0.3 is 5.97 Å². The summed E-state index contributed by atoms with van der Waals surface area (Å²) in [5.41, 5.74) is 0. The zero-order valence-corrected chi connectivity index (χ0v) is 9.91. The number of carbonyl (C=O) groups excluding carboxylic acids is 1. The van der Waals surface area contributed by atoms with Crippen molar-refractivity contribution < 1.29 is 14.3 Å². The number of ether oxygens (including phenoxy) is 2. The van der Waals surface area contributed by atoms with Crippen LogP contribution in [0.2, 0.25) is 0 Å². The normalized spacial score (nSPS) is 10.7. The SMILES string of the molecule is COC(=O)CCNCCOCCN(C)C. The van der Waals surface area contributed by atoms with Crippen LogP contribution < -0.4 is 5.32 Å². The highest BCUT2D eigenvalue weighted by Crippen LogP contribution is 1.81. The minimum Gasteiger partial charge on any atom is -0.469 e. The van der Waals surface area contributed by atoms with Crippen molar-refractivity contribution >= 4 is 5.97 Å². The van der Waals surface area contributed by atoms with Crippen LogP contribution in [-0.2, 0) is 14.3 Å². The third-order valence-corrected chi connectivity index (χ3v) is 1.84. The molecule has 0 aromatic heterocycles.